The predicted octanol–water partition coefficient (Wildman–Crippen LogP) is 1.40. The Kier molecular flexibility index (Phi) is 6.49. The van der Waals surface area contributed by atoms with Crippen molar-refractivity contribution < 1.29 is 9.53 Å². The quantitative estimate of drug-likeness (QED) is 0.822. The zero-order valence-electron chi connectivity index (χ0n) is 8.53. The minimum Gasteiger partial charge on any atom is -0.492 e. The van der Waals surface area contributed by atoms with Crippen molar-refractivity contribution in [1.29, 1.82) is 0 Å². The maximum atomic E-state index is 10.8. The molecule has 1 rings (SSSR count). The van der Waals surface area contributed by atoms with Crippen LogP contribution >= 0.6 is 12.4 Å². The molecular weight excluding hydrogens is 216 g/mol. The highest BCUT2D eigenvalue weighted by atomic mass is 35.5. The van der Waals surface area contributed by atoms with Gasteiger partial charge >= 0.3 is 0 Å². The van der Waals surface area contributed by atoms with Crippen molar-refractivity contribution in [2.24, 2.45) is 5.73 Å². The largest absolute Gasteiger partial charge is 0.492 e. The number of amides is 1. The minimum absolute atomic E-state index is 0. The molecule has 0 saturated carbocycles. The third-order valence-electron chi connectivity index (χ3n) is 1.54. The molecule has 0 bridgehead atoms. The van der Waals surface area contributed by atoms with E-state index in [1.165, 1.54) is 6.92 Å². The number of hydrogen-bond donors (Lipinski definition) is 2. The van der Waals surface area contributed by atoms with Crippen molar-refractivity contribution in [1.82, 2.24) is 0 Å². The highest BCUT2D eigenvalue weighted by Crippen LogP contribution is 2.16. The number of carbonyl (C=O) groups excluding carboxylic acids is 1. The number of rotatable bonds is 4. The van der Waals surface area contributed by atoms with Gasteiger partial charge < -0.3 is 15.8 Å². The number of ether oxygens (including phenoxy) is 1. The van der Waals surface area contributed by atoms with E-state index in [9.17, 15) is 4.79 Å². The summed E-state index contributed by atoms with van der Waals surface area (Å²) in [5, 5.41) is 2.67. The van der Waals surface area contributed by atoms with Crippen LogP contribution in [-0.2, 0) is 4.79 Å². The number of anilines is 1. The molecule has 15 heavy (non-hydrogen) atoms. The van der Waals surface area contributed by atoms with Crippen LogP contribution in [0.15, 0.2) is 24.3 Å². The molecule has 0 fully saturated rings. The normalized spacial score (nSPS) is 8.93. The molecule has 3 N–H and O–H groups in total. The van der Waals surface area contributed by atoms with Gasteiger partial charge in [0.15, 0.2) is 0 Å². The van der Waals surface area contributed by atoms with Crippen LogP contribution < -0.4 is 15.8 Å². The van der Waals surface area contributed by atoms with Gasteiger partial charge in [0.25, 0.3) is 0 Å². The molecule has 0 radical (unpaired) electrons. The van der Waals surface area contributed by atoms with Crippen molar-refractivity contribution in [3.05, 3.63) is 24.3 Å². The van der Waals surface area contributed by atoms with E-state index in [0.29, 0.717) is 18.9 Å². The van der Waals surface area contributed by atoms with Gasteiger partial charge in [-0.1, -0.05) is 6.07 Å². The fraction of sp³-hybridized carbons (Fsp3) is 0.300. The third kappa shape index (κ3) is 5.24. The molecule has 0 aliphatic rings. The maximum Gasteiger partial charge on any atom is 0.221 e. The van der Waals surface area contributed by atoms with Crippen LogP contribution in [0.2, 0.25) is 0 Å². The van der Waals surface area contributed by atoms with Crippen LogP contribution in [-0.4, -0.2) is 19.1 Å². The summed E-state index contributed by atoms with van der Waals surface area (Å²) in [6, 6.07) is 7.20. The molecule has 0 heterocycles. The molecule has 4 nitrogen and oxygen atoms in total. The highest BCUT2D eigenvalue weighted by molar-refractivity contribution is 5.88. The Morgan fingerprint density at radius 1 is 1.53 bits per heavy atom. The van der Waals surface area contributed by atoms with Gasteiger partial charge in [-0.3, -0.25) is 4.79 Å². The Labute approximate surface area is 95.2 Å². The first-order valence-corrected chi connectivity index (χ1v) is 4.43. The second-order valence-electron chi connectivity index (χ2n) is 2.85. The lowest BCUT2D eigenvalue weighted by Crippen LogP contribution is -2.11. The third-order valence-corrected chi connectivity index (χ3v) is 1.54. The minimum atomic E-state index is -0.0963. The molecule has 0 aliphatic heterocycles. The van der Waals surface area contributed by atoms with E-state index in [0.717, 1.165) is 5.69 Å². The lowest BCUT2D eigenvalue weighted by atomic mass is 10.3. The summed E-state index contributed by atoms with van der Waals surface area (Å²) >= 11 is 0. The molecular formula is C10H15ClN2O2. The Morgan fingerprint density at radius 3 is 2.87 bits per heavy atom. The van der Waals surface area contributed by atoms with Crippen LogP contribution in [0.5, 0.6) is 5.75 Å². The molecule has 1 amide bonds. The number of carbonyl (C=O) groups is 1. The van der Waals surface area contributed by atoms with E-state index < -0.39 is 0 Å². The van der Waals surface area contributed by atoms with Gasteiger partial charge in [-0.2, -0.15) is 0 Å². The molecule has 0 spiro atoms. The lowest BCUT2D eigenvalue weighted by Gasteiger charge is -2.06. The van der Waals surface area contributed by atoms with Crippen molar-refractivity contribution in [2.45, 2.75) is 6.92 Å². The summed E-state index contributed by atoms with van der Waals surface area (Å²) in [7, 11) is 0. The van der Waals surface area contributed by atoms with E-state index in [4.69, 9.17) is 10.5 Å². The fourth-order valence-corrected chi connectivity index (χ4v) is 1.04. The van der Waals surface area contributed by atoms with Crippen LogP contribution in [0.25, 0.3) is 0 Å². The first-order chi connectivity index (χ1) is 6.72. The summed E-state index contributed by atoms with van der Waals surface area (Å²) < 4.78 is 5.30. The summed E-state index contributed by atoms with van der Waals surface area (Å²) in [5.74, 6) is 0.614. The topological polar surface area (TPSA) is 64.3 Å². The first-order valence-electron chi connectivity index (χ1n) is 4.43. The molecule has 0 aliphatic carbocycles. The van der Waals surface area contributed by atoms with Gasteiger partial charge in [-0.25, -0.2) is 0 Å². The summed E-state index contributed by atoms with van der Waals surface area (Å²) in [6.07, 6.45) is 0. The van der Waals surface area contributed by atoms with Gasteiger partial charge in [0.1, 0.15) is 12.4 Å². The number of hydrogen-bond acceptors (Lipinski definition) is 3. The number of nitrogens with one attached hydrogen (secondary N) is 1. The molecule has 5 heteroatoms. The van der Waals surface area contributed by atoms with Crippen molar-refractivity contribution >= 4 is 24.0 Å². The highest BCUT2D eigenvalue weighted by Gasteiger charge is 1.97. The maximum absolute atomic E-state index is 10.8. The lowest BCUT2D eigenvalue weighted by molar-refractivity contribution is -0.114. The van der Waals surface area contributed by atoms with E-state index in [1.54, 1.807) is 12.1 Å². The van der Waals surface area contributed by atoms with Gasteiger partial charge in [0.05, 0.1) is 0 Å². The van der Waals surface area contributed by atoms with Crippen molar-refractivity contribution in [3.8, 4) is 5.75 Å². The average Bonchev–Trinajstić information content (AvgIpc) is 2.14. The molecule has 0 atom stereocenters. The van der Waals surface area contributed by atoms with Crippen molar-refractivity contribution in [2.75, 3.05) is 18.5 Å². The Hall–Kier alpha value is -1.26. The van der Waals surface area contributed by atoms with Crippen LogP contribution in [0.3, 0.4) is 0 Å². The summed E-state index contributed by atoms with van der Waals surface area (Å²) in [6.45, 7) is 2.42. The van der Waals surface area contributed by atoms with Crippen LogP contribution in [0, 0.1) is 0 Å². The molecule has 0 aromatic heterocycles. The zero-order valence-corrected chi connectivity index (χ0v) is 9.34. The van der Waals surface area contributed by atoms with Gasteiger partial charge in [0.2, 0.25) is 5.91 Å². The predicted molar refractivity (Wildman–Crippen MR) is 62.5 cm³/mol. The van der Waals surface area contributed by atoms with Crippen LogP contribution in [0.1, 0.15) is 6.92 Å². The number of halogens is 1. The van der Waals surface area contributed by atoms with Crippen LogP contribution in [0.4, 0.5) is 5.69 Å². The monoisotopic (exact) mass is 230 g/mol. The molecule has 1 aromatic carbocycles. The van der Waals surface area contributed by atoms with E-state index in [1.807, 2.05) is 12.1 Å². The molecule has 84 valence electrons. The summed E-state index contributed by atoms with van der Waals surface area (Å²) in [4.78, 5) is 10.8. The standard InChI is InChI=1S/C10H14N2O2.ClH/c1-8(13)12-9-3-2-4-10(7-9)14-6-5-11;/h2-4,7H,5-6,11H2,1H3,(H,12,13);1H. The van der Waals surface area contributed by atoms with E-state index >= 15 is 0 Å². The number of nitrogens with two attached hydrogens (primary N) is 1. The Morgan fingerprint density at radius 2 is 2.27 bits per heavy atom. The van der Waals surface area contributed by atoms with E-state index in [-0.39, 0.29) is 18.3 Å². The Bertz CT molecular complexity index is 318. The second kappa shape index (κ2) is 7.09. The molecule has 0 saturated heterocycles. The Balaban J connectivity index is 0.00000196. The number of benzene rings is 1. The summed E-state index contributed by atoms with van der Waals surface area (Å²) in [5.41, 5.74) is 6.03. The second-order valence-corrected chi connectivity index (χ2v) is 2.85. The van der Waals surface area contributed by atoms with Gasteiger partial charge in [-0.05, 0) is 12.1 Å². The molecule has 1 aromatic rings. The van der Waals surface area contributed by atoms with Crippen molar-refractivity contribution in [3.63, 3.8) is 0 Å². The fourth-order valence-electron chi connectivity index (χ4n) is 1.04. The van der Waals surface area contributed by atoms with E-state index in [2.05, 4.69) is 5.32 Å². The smallest absolute Gasteiger partial charge is 0.221 e. The van der Waals surface area contributed by atoms with Gasteiger partial charge in [-0.15, -0.1) is 12.4 Å². The molecule has 0 unspecified atom stereocenters. The SMILES string of the molecule is CC(=O)Nc1cccc(OCCN)c1.Cl. The first kappa shape index (κ1) is 13.7. The zero-order chi connectivity index (χ0) is 10.4. The average molecular weight is 231 g/mol. The van der Waals surface area contributed by atoms with Gasteiger partial charge in [0, 0.05) is 25.2 Å².